The smallest absolute Gasteiger partial charge is 0.247 e. The van der Waals surface area contributed by atoms with Crippen molar-refractivity contribution in [1.82, 2.24) is 10.2 Å². The lowest BCUT2D eigenvalue weighted by molar-refractivity contribution is -0.117. The van der Waals surface area contributed by atoms with E-state index in [1.165, 1.54) is 12.8 Å². The molecule has 1 aliphatic rings. The molecule has 3 rings (SSSR count). The SMILES string of the molecule is CC/C(=C\c1ccccc1)C(=O)NCC(c1ccco1)N1CCCC1. The van der Waals surface area contributed by atoms with Crippen molar-refractivity contribution >= 4 is 12.0 Å². The van der Waals surface area contributed by atoms with Crippen LogP contribution < -0.4 is 5.32 Å². The molecule has 0 spiro atoms. The van der Waals surface area contributed by atoms with Gasteiger partial charge in [0.25, 0.3) is 0 Å². The van der Waals surface area contributed by atoms with Crippen molar-refractivity contribution in [2.45, 2.75) is 32.2 Å². The van der Waals surface area contributed by atoms with Crippen LogP contribution in [0.15, 0.2) is 58.7 Å². The minimum absolute atomic E-state index is 0.00195. The van der Waals surface area contributed by atoms with Gasteiger partial charge in [-0.1, -0.05) is 37.3 Å². The zero-order valence-corrected chi connectivity index (χ0v) is 14.8. The van der Waals surface area contributed by atoms with Crippen LogP contribution in [-0.2, 0) is 4.79 Å². The van der Waals surface area contributed by atoms with E-state index in [0.29, 0.717) is 13.0 Å². The van der Waals surface area contributed by atoms with Crippen LogP contribution in [0.25, 0.3) is 6.08 Å². The molecule has 132 valence electrons. The molecule has 4 heteroatoms. The number of carbonyl (C=O) groups excluding carboxylic acids is 1. The molecule has 1 aliphatic heterocycles. The molecule has 1 N–H and O–H groups in total. The highest BCUT2D eigenvalue weighted by Gasteiger charge is 2.26. The van der Waals surface area contributed by atoms with Crippen LogP contribution in [0.2, 0.25) is 0 Å². The zero-order valence-electron chi connectivity index (χ0n) is 14.8. The molecule has 0 radical (unpaired) electrons. The molecule has 2 heterocycles. The number of rotatable bonds is 7. The second kappa shape index (κ2) is 8.67. The average Bonchev–Trinajstić information content (AvgIpc) is 3.35. The van der Waals surface area contributed by atoms with Crippen LogP contribution in [-0.4, -0.2) is 30.4 Å². The summed E-state index contributed by atoms with van der Waals surface area (Å²) in [6.07, 6.45) is 6.79. The highest BCUT2D eigenvalue weighted by atomic mass is 16.3. The summed E-state index contributed by atoms with van der Waals surface area (Å²) in [7, 11) is 0. The molecule has 1 saturated heterocycles. The number of carbonyl (C=O) groups is 1. The van der Waals surface area contributed by atoms with Crippen LogP contribution in [0, 0.1) is 0 Å². The van der Waals surface area contributed by atoms with E-state index >= 15 is 0 Å². The third-order valence-electron chi connectivity index (χ3n) is 4.72. The van der Waals surface area contributed by atoms with Crippen LogP contribution in [0.3, 0.4) is 0 Å². The second-order valence-electron chi connectivity index (χ2n) is 6.42. The van der Waals surface area contributed by atoms with E-state index in [2.05, 4.69) is 10.2 Å². The standard InChI is InChI=1S/C21H26N2O2/c1-2-18(15-17-9-4-3-5-10-17)21(24)22-16-19(20-11-8-14-25-20)23-12-6-7-13-23/h3-5,8-11,14-15,19H,2,6-7,12-13,16H2,1H3,(H,22,24)/b18-15+. The average molecular weight is 338 g/mol. The Morgan fingerprint density at radius 2 is 1.96 bits per heavy atom. The first-order valence-electron chi connectivity index (χ1n) is 9.09. The van der Waals surface area contributed by atoms with Crippen molar-refractivity contribution in [1.29, 1.82) is 0 Å². The molecule has 1 aromatic heterocycles. The van der Waals surface area contributed by atoms with Gasteiger partial charge in [0.15, 0.2) is 0 Å². The topological polar surface area (TPSA) is 45.5 Å². The van der Waals surface area contributed by atoms with E-state index in [0.717, 1.165) is 30.0 Å². The first-order chi connectivity index (χ1) is 12.3. The Balaban J connectivity index is 1.67. The molecule has 2 aromatic rings. The van der Waals surface area contributed by atoms with E-state index in [1.807, 2.05) is 55.5 Å². The first kappa shape index (κ1) is 17.5. The Morgan fingerprint density at radius 1 is 1.20 bits per heavy atom. The van der Waals surface area contributed by atoms with Crippen LogP contribution >= 0.6 is 0 Å². The zero-order chi connectivity index (χ0) is 17.5. The van der Waals surface area contributed by atoms with Crippen LogP contribution in [0.4, 0.5) is 0 Å². The maximum absolute atomic E-state index is 12.6. The molecule has 1 unspecified atom stereocenters. The molecule has 25 heavy (non-hydrogen) atoms. The summed E-state index contributed by atoms with van der Waals surface area (Å²) in [5.74, 6) is 0.925. The van der Waals surface area contributed by atoms with Crippen molar-refractivity contribution in [3.8, 4) is 0 Å². The monoisotopic (exact) mass is 338 g/mol. The van der Waals surface area contributed by atoms with Crippen molar-refractivity contribution in [2.24, 2.45) is 0 Å². The van der Waals surface area contributed by atoms with Gasteiger partial charge in [-0.2, -0.15) is 0 Å². The molecule has 1 aromatic carbocycles. The van der Waals surface area contributed by atoms with Gasteiger partial charge < -0.3 is 9.73 Å². The number of benzene rings is 1. The molecule has 0 saturated carbocycles. The highest BCUT2D eigenvalue weighted by Crippen LogP contribution is 2.25. The summed E-state index contributed by atoms with van der Waals surface area (Å²) >= 11 is 0. The van der Waals surface area contributed by atoms with Gasteiger partial charge >= 0.3 is 0 Å². The first-order valence-corrected chi connectivity index (χ1v) is 9.09. The fourth-order valence-corrected chi connectivity index (χ4v) is 3.33. The molecule has 1 fully saturated rings. The lowest BCUT2D eigenvalue weighted by Gasteiger charge is -2.26. The predicted octanol–water partition coefficient (Wildman–Crippen LogP) is 4.03. The maximum atomic E-state index is 12.6. The van der Waals surface area contributed by atoms with E-state index in [1.54, 1.807) is 6.26 Å². The van der Waals surface area contributed by atoms with Gasteiger partial charge in [-0.3, -0.25) is 9.69 Å². The van der Waals surface area contributed by atoms with E-state index < -0.39 is 0 Å². The van der Waals surface area contributed by atoms with Gasteiger partial charge in [0.1, 0.15) is 5.76 Å². The van der Waals surface area contributed by atoms with Crippen molar-refractivity contribution < 1.29 is 9.21 Å². The molecule has 0 aliphatic carbocycles. The minimum atomic E-state index is 0.00195. The number of nitrogens with zero attached hydrogens (tertiary/aromatic N) is 1. The quantitative estimate of drug-likeness (QED) is 0.775. The normalized spacial score (nSPS) is 16.8. The molecule has 4 nitrogen and oxygen atoms in total. The Hall–Kier alpha value is -2.33. The Morgan fingerprint density at radius 3 is 2.60 bits per heavy atom. The largest absolute Gasteiger partial charge is 0.468 e. The third kappa shape index (κ3) is 4.60. The van der Waals surface area contributed by atoms with Crippen molar-refractivity contribution in [2.75, 3.05) is 19.6 Å². The van der Waals surface area contributed by atoms with E-state index in [9.17, 15) is 4.79 Å². The lowest BCUT2D eigenvalue weighted by atomic mass is 10.1. The fraction of sp³-hybridized carbons (Fsp3) is 0.381. The van der Waals surface area contributed by atoms with Gasteiger partial charge in [0.2, 0.25) is 5.91 Å². The minimum Gasteiger partial charge on any atom is -0.468 e. The summed E-state index contributed by atoms with van der Waals surface area (Å²) in [5, 5.41) is 3.11. The van der Waals surface area contributed by atoms with Gasteiger partial charge in [0, 0.05) is 12.1 Å². The number of furan rings is 1. The molecular formula is C21H26N2O2. The van der Waals surface area contributed by atoms with E-state index in [4.69, 9.17) is 4.42 Å². The van der Waals surface area contributed by atoms with Gasteiger partial charge in [-0.05, 0) is 56.1 Å². The van der Waals surface area contributed by atoms with Gasteiger partial charge in [-0.15, -0.1) is 0 Å². The van der Waals surface area contributed by atoms with E-state index in [-0.39, 0.29) is 11.9 Å². The summed E-state index contributed by atoms with van der Waals surface area (Å²) in [4.78, 5) is 15.0. The Bertz CT molecular complexity index is 686. The molecule has 1 atom stereocenters. The number of hydrogen-bond donors (Lipinski definition) is 1. The summed E-state index contributed by atoms with van der Waals surface area (Å²) in [5.41, 5.74) is 1.85. The van der Waals surface area contributed by atoms with Crippen molar-refractivity contribution in [3.63, 3.8) is 0 Å². The third-order valence-corrected chi connectivity index (χ3v) is 4.72. The lowest BCUT2D eigenvalue weighted by Crippen LogP contribution is -2.37. The highest BCUT2D eigenvalue weighted by molar-refractivity contribution is 5.97. The van der Waals surface area contributed by atoms with Gasteiger partial charge in [-0.25, -0.2) is 0 Å². The molecular weight excluding hydrogens is 312 g/mol. The number of nitrogens with one attached hydrogen (secondary N) is 1. The summed E-state index contributed by atoms with van der Waals surface area (Å²) in [6.45, 7) is 4.70. The molecule has 0 bridgehead atoms. The summed E-state index contributed by atoms with van der Waals surface area (Å²) < 4.78 is 5.62. The second-order valence-corrected chi connectivity index (χ2v) is 6.42. The van der Waals surface area contributed by atoms with Crippen LogP contribution in [0.5, 0.6) is 0 Å². The Labute approximate surface area is 149 Å². The molecule has 1 amide bonds. The maximum Gasteiger partial charge on any atom is 0.247 e. The number of hydrogen-bond acceptors (Lipinski definition) is 3. The summed E-state index contributed by atoms with van der Waals surface area (Å²) in [6, 6.07) is 14.0. The number of amides is 1. The van der Waals surface area contributed by atoms with Gasteiger partial charge in [0.05, 0.1) is 12.3 Å². The van der Waals surface area contributed by atoms with Crippen molar-refractivity contribution in [3.05, 3.63) is 65.6 Å². The predicted molar refractivity (Wildman–Crippen MR) is 100.0 cm³/mol. The van der Waals surface area contributed by atoms with Crippen LogP contribution in [0.1, 0.15) is 43.6 Å². The number of likely N-dealkylation sites (tertiary alicyclic amines) is 1. The Kier molecular flexibility index (Phi) is 6.07. The fourth-order valence-electron chi connectivity index (χ4n) is 3.33.